The third-order valence-electron chi connectivity index (χ3n) is 6.15. The number of nitrogens with zero attached hydrogens (tertiary/aromatic N) is 6. The number of rotatable bonds is 4. The highest BCUT2D eigenvalue weighted by molar-refractivity contribution is 5.99. The van der Waals surface area contributed by atoms with Crippen molar-refractivity contribution in [3.8, 4) is 11.4 Å². The average molecular weight is 494 g/mol. The molecule has 0 radical (unpaired) electrons. The van der Waals surface area contributed by atoms with E-state index in [-0.39, 0.29) is 46.7 Å². The number of amides is 1. The van der Waals surface area contributed by atoms with Crippen LogP contribution in [-0.2, 0) is 0 Å². The van der Waals surface area contributed by atoms with E-state index in [1.165, 1.54) is 11.1 Å². The molecule has 8 nitrogen and oxygen atoms in total. The zero-order valence-electron chi connectivity index (χ0n) is 18.3. The van der Waals surface area contributed by atoms with E-state index in [0.717, 1.165) is 22.9 Å². The lowest BCUT2D eigenvalue weighted by Crippen LogP contribution is -2.45. The Hall–Kier alpha value is -3.61. The quantitative estimate of drug-likeness (QED) is 0.437. The van der Waals surface area contributed by atoms with Gasteiger partial charge in [-0.25, -0.2) is 31.6 Å². The van der Waals surface area contributed by atoms with Gasteiger partial charge in [-0.15, -0.1) is 0 Å². The van der Waals surface area contributed by atoms with Gasteiger partial charge < -0.3 is 10.0 Å². The molecule has 1 saturated heterocycles. The number of fused-ring (bicyclic) bond motifs is 2. The Morgan fingerprint density at radius 2 is 1.83 bits per heavy atom. The van der Waals surface area contributed by atoms with Crippen molar-refractivity contribution in [2.45, 2.75) is 38.1 Å². The molecule has 4 aromatic rings. The molecule has 0 spiro atoms. The van der Waals surface area contributed by atoms with Crippen LogP contribution in [0.4, 0.5) is 22.0 Å². The summed E-state index contributed by atoms with van der Waals surface area (Å²) < 4.78 is 70.6. The first-order chi connectivity index (χ1) is 16.6. The van der Waals surface area contributed by atoms with Crippen molar-refractivity contribution in [1.82, 2.24) is 29.0 Å². The van der Waals surface area contributed by atoms with E-state index in [2.05, 4.69) is 15.1 Å². The normalized spacial score (nSPS) is 17.0. The average Bonchev–Trinajstić information content (AvgIpc) is 3.39. The molecule has 5 heterocycles. The maximum atomic E-state index is 14.5. The van der Waals surface area contributed by atoms with Crippen LogP contribution in [0.2, 0.25) is 0 Å². The van der Waals surface area contributed by atoms with E-state index in [4.69, 9.17) is 0 Å². The monoisotopic (exact) mass is 494 g/mol. The number of carbonyl (C=O) groups is 1. The molecule has 1 fully saturated rings. The second-order valence-corrected chi connectivity index (χ2v) is 8.72. The largest absolute Gasteiger partial charge is 0.390 e. The minimum Gasteiger partial charge on any atom is -0.390 e. The van der Waals surface area contributed by atoms with E-state index in [1.54, 1.807) is 6.92 Å². The van der Waals surface area contributed by atoms with Crippen molar-refractivity contribution in [3.05, 3.63) is 48.1 Å². The number of pyridine rings is 2. The SMILES string of the molecule is CC1(O)CCN(C(=O)c2cc3c(cn2)c(-c2cnc4c(F)cc(F)cn24)nn3C(F)C(F)F)CC1. The number of aliphatic hydroxyl groups is 1. The van der Waals surface area contributed by atoms with Gasteiger partial charge in [0.2, 0.25) is 0 Å². The van der Waals surface area contributed by atoms with E-state index >= 15 is 0 Å². The number of hydrogen-bond donors (Lipinski definition) is 1. The molecule has 1 amide bonds. The zero-order valence-corrected chi connectivity index (χ0v) is 18.3. The van der Waals surface area contributed by atoms with Crippen molar-refractivity contribution < 1.29 is 31.9 Å². The Bertz CT molecular complexity index is 1440. The number of alkyl halides is 3. The van der Waals surface area contributed by atoms with Gasteiger partial charge in [0.15, 0.2) is 11.5 Å². The number of hydrogen-bond acceptors (Lipinski definition) is 5. The second kappa shape index (κ2) is 8.26. The molecule has 0 bridgehead atoms. The number of halogens is 5. The van der Waals surface area contributed by atoms with Crippen LogP contribution < -0.4 is 0 Å². The molecule has 184 valence electrons. The van der Waals surface area contributed by atoms with Gasteiger partial charge in [-0.05, 0) is 25.8 Å². The topological polar surface area (TPSA) is 88.5 Å². The molecule has 13 heteroatoms. The molecule has 1 N–H and O–H groups in total. The fourth-order valence-corrected chi connectivity index (χ4v) is 4.18. The van der Waals surface area contributed by atoms with Crippen LogP contribution in [0.3, 0.4) is 0 Å². The molecule has 1 atom stereocenters. The Labute approximate surface area is 194 Å². The Morgan fingerprint density at radius 1 is 1.11 bits per heavy atom. The number of likely N-dealkylation sites (tertiary alicyclic amines) is 1. The van der Waals surface area contributed by atoms with Crippen LogP contribution in [0, 0.1) is 11.6 Å². The van der Waals surface area contributed by atoms with Gasteiger partial charge in [0.1, 0.15) is 17.2 Å². The summed E-state index contributed by atoms with van der Waals surface area (Å²) in [5, 5.41) is 14.1. The molecule has 1 unspecified atom stereocenters. The number of aromatic nitrogens is 5. The molecule has 0 saturated carbocycles. The Kier molecular flexibility index (Phi) is 5.46. The molecular formula is C22H19F5N6O2. The summed E-state index contributed by atoms with van der Waals surface area (Å²) >= 11 is 0. The Balaban J connectivity index is 1.63. The number of piperidine rings is 1. The van der Waals surface area contributed by atoms with Gasteiger partial charge >= 0.3 is 0 Å². The summed E-state index contributed by atoms with van der Waals surface area (Å²) in [4.78, 5) is 22.4. The predicted molar refractivity (Wildman–Crippen MR) is 114 cm³/mol. The summed E-state index contributed by atoms with van der Waals surface area (Å²) in [6.07, 6.45) is -2.32. The summed E-state index contributed by atoms with van der Waals surface area (Å²) in [6, 6.07) is 1.79. The van der Waals surface area contributed by atoms with Crippen LogP contribution in [0.25, 0.3) is 27.9 Å². The molecule has 0 aromatic carbocycles. The van der Waals surface area contributed by atoms with Crippen molar-refractivity contribution in [2.24, 2.45) is 0 Å². The third-order valence-corrected chi connectivity index (χ3v) is 6.15. The molecule has 0 aliphatic carbocycles. The van der Waals surface area contributed by atoms with Crippen LogP contribution in [0.5, 0.6) is 0 Å². The predicted octanol–water partition coefficient (Wildman–Crippen LogP) is 3.74. The van der Waals surface area contributed by atoms with E-state index < -0.39 is 35.9 Å². The third kappa shape index (κ3) is 3.99. The van der Waals surface area contributed by atoms with Crippen LogP contribution in [0.1, 0.15) is 36.5 Å². The lowest BCUT2D eigenvalue weighted by Gasteiger charge is -2.35. The molecule has 1 aliphatic heterocycles. The summed E-state index contributed by atoms with van der Waals surface area (Å²) in [5.74, 6) is -2.38. The maximum Gasteiger partial charge on any atom is 0.289 e. The molecule has 35 heavy (non-hydrogen) atoms. The molecule has 1 aliphatic rings. The van der Waals surface area contributed by atoms with Crippen molar-refractivity contribution in [3.63, 3.8) is 0 Å². The minimum atomic E-state index is -3.43. The van der Waals surface area contributed by atoms with E-state index in [9.17, 15) is 31.9 Å². The van der Waals surface area contributed by atoms with Gasteiger partial charge in [0.05, 0.1) is 23.0 Å². The number of imidazole rings is 1. The van der Waals surface area contributed by atoms with Crippen molar-refractivity contribution in [2.75, 3.05) is 13.1 Å². The van der Waals surface area contributed by atoms with Crippen LogP contribution in [-0.4, -0.2) is 65.2 Å². The highest BCUT2D eigenvalue weighted by Gasteiger charge is 2.32. The maximum absolute atomic E-state index is 14.5. The van der Waals surface area contributed by atoms with Gasteiger partial charge in [0, 0.05) is 36.9 Å². The fourth-order valence-electron chi connectivity index (χ4n) is 4.18. The molecule has 5 rings (SSSR count). The van der Waals surface area contributed by atoms with Gasteiger partial charge in [-0.1, -0.05) is 0 Å². The molecule has 4 aromatic heterocycles. The first kappa shape index (κ1) is 23.1. The van der Waals surface area contributed by atoms with Crippen LogP contribution >= 0.6 is 0 Å². The van der Waals surface area contributed by atoms with E-state index in [0.29, 0.717) is 23.6 Å². The fraction of sp³-hybridized carbons (Fsp3) is 0.364. The lowest BCUT2D eigenvalue weighted by atomic mass is 9.94. The lowest BCUT2D eigenvalue weighted by molar-refractivity contribution is -0.00219. The molecular weight excluding hydrogens is 475 g/mol. The van der Waals surface area contributed by atoms with Crippen molar-refractivity contribution in [1.29, 1.82) is 0 Å². The van der Waals surface area contributed by atoms with Crippen molar-refractivity contribution >= 4 is 22.5 Å². The van der Waals surface area contributed by atoms with Gasteiger partial charge in [0.25, 0.3) is 18.6 Å². The first-order valence-electron chi connectivity index (χ1n) is 10.7. The van der Waals surface area contributed by atoms with Gasteiger partial charge in [-0.2, -0.15) is 5.10 Å². The minimum absolute atomic E-state index is 0.0164. The van der Waals surface area contributed by atoms with Crippen LogP contribution in [0.15, 0.2) is 30.7 Å². The standard InChI is InChI=1S/C22H19F5N6O2/c1-22(35)2-4-31(5-3-22)21(34)14-7-15-12(8-28-14)17(30-33(15)19(27)18(25)26)16-9-29-20-13(24)6-11(23)10-32(16)20/h6-10,18-19,35H,2-5H2,1H3. The highest BCUT2D eigenvalue weighted by atomic mass is 19.3. The second-order valence-electron chi connectivity index (χ2n) is 8.72. The Morgan fingerprint density at radius 3 is 2.51 bits per heavy atom. The number of carbonyl (C=O) groups excluding carboxylic acids is 1. The first-order valence-corrected chi connectivity index (χ1v) is 10.7. The summed E-state index contributed by atoms with van der Waals surface area (Å²) in [7, 11) is 0. The zero-order chi connectivity index (χ0) is 25.1. The highest BCUT2D eigenvalue weighted by Crippen LogP contribution is 2.33. The summed E-state index contributed by atoms with van der Waals surface area (Å²) in [6.45, 7) is 2.19. The van der Waals surface area contributed by atoms with E-state index in [1.807, 2.05) is 0 Å². The summed E-state index contributed by atoms with van der Waals surface area (Å²) in [5.41, 5.74) is -1.49. The smallest absolute Gasteiger partial charge is 0.289 e. The van der Waals surface area contributed by atoms with Gasteiger partial charge in [-0.3, -0.25) is 14.2 Å².